The molecule has 0 saturated heterocycles. The number of nitrogens with zero attached hydrogens (tertiary/aromatic N) is 1. The molecular weight excluding hydrogens is 446 g/mol. The van der Waals surface area contributed by atoms with Crippen molar-refractivity contribution in [2.75, 3.05) is 4.90 Å². The summed E-state index contributed by atoms with van der Waals surface area (Å²) in [4.78, 5) is 2.29. The molecule has 0 N–H and O–H groups in total. The van der Waals surface area contributed by atoms with Crippen molar-refractivity contribution in [3.8, 4) is 11.1 Å². The molecule has 0 unspecified atom stereocenters. The molecule has 37 heavy (non-hydrogen) atoms. The van der Waals surface area contributed by atoms with Gasteiger partial charge in [0.2, 0.25) is 0 Å². The summed E-state index contributed by atoms with van der Waals surface area (Å²) in [5, 5.41) is 0. The van der Waals surface area contributed by atoms with Crippen LogP contribution in [0, 0.1) is 6.92 Å². The maximum atomic E-state index is 2.36. The fourth-order valence-corrected chi connectivity index (χ4v) is 5.50. The van der Waals surface area contributed by atoms with Crippen LogP contribution >= 0.6 is 0 Å². The highest BCUT2D eigenvalue weighted by Crippen LogP contribution is 2.49. The quantitative estimate of drug-likeness (QED) is 0.228. The van der Waals surface area contributed by atoms with E-state index in [1.807, 2.05) is 0 Å². The predicted octanol–water partition coefficient (Wildman–Crippen LogP) is 9.94. The summed E-state index contributed by atoms with van der Waals surface area (Å²) in [6.45, 7) is 6.86. The van der Waals surface area contributed by atoms with E-state index in [0.29, 0.717) is 0 Å². The standard InChI is InChI=1S/C36H31N/c1-26-14-22-32-33-23-19-28(25-35(33)36(2,3)34(32)24-26)16-15-27-17-20-31(21-18-27)37(29-10-6-4-7-11-29)30-12-8-5-9-13-30/h4-25H,1-3H3/b16-15+. The van der Waals surface area contributed by atoms with Gasteiger partial charge in [-0.3, -0.25) is 0 Å². The first-order valence-corrected chi connectivity index (χ1v) is 13.0. The molecular formula is C36H31N. The molecule has 0 heterocycles. The Morgan fingerprint density at radius 1 is 0.514 bits per heavy atom. The lowest BCUT2D eigenvalue weighted by molar-refractivity contribution is 0.659. The van der Waals surface area contributed by atoms with Gasteiger partial charge in [0, 0.05) is 22.5 Å². The average molecular weight is 478 g/mol. The van der Waals surface area contributed by atoms with Crippen molar-refractivity contribution in [3.05, 3.63) is 149 Å². The summed E-state index contributed by atoms with van der Waals surface area (Å²) in [5.74, 6) is 0. The molecule has 180 valence electrons. The number of rotatable bonds is 5. The van der Waals surface area contributed by atoms with E-state index in [2.05, 4.69) is 159 Å². The van der Waals surface area contributed by atoms with Crippen LogP contribution in [0.4, 0.5) is 17.1 Å². The third kappa shape index (κ3) is 4.27. The Hall–Kier alpha value is -4.36. The maximum Gasteiger partial charge on any atom is 0.0462 e. The van der Waals surface area contributed by atoms with Gasteiger partial charge in [-0.05, 0) is 76.7 Å². The first-order valence-electron chi connectivity index (χ1n) is 13.0. The van der Waals surface area contributed by atoms with Crippen molar-refractivity contribution in [1.29, 1.82) is 0 Å². The van der Waals surface area contributed by atoms with Crippen LogP contribution in [0.5, 0.6) is 0 Å². The molecule has 6 rings (SSSR count). The zero-order chi connectivity index (χ0) is 25.4. The molecule has 1 aliphatic carbocycles. The summed E-state index contributed by atoms with van der Waals surface area (Å²) in [6.07, 6.45) is 4.44. The lowest BCUT2D eigenvalue weighted by Gasteiger charge is -2.25. The summed E-state index contributed by atoms with van der Waals surface area (Å²) in [6, 6.07) is 43.6. The van der Waals surface area contributed by atoms with Crippen molar-refractivity contribution < 1.29 is 0 Å². The van der Waals surface area contributed by atoms with Crippen LogP contribution < -0.4 is 4.90 Å². The van der Waals surface area contributed by atoms with E-state index < -0.39 is 0 Å². The van der Waals surface area contributed by atoms with Crippen LogP contribution in [-0.2, 0) is 5.41 Å². The van der Waals surface area contributed by atoms with E-state index in [1.54, 1.807) is 0 Å². The van der Waals surface area contributed by atoms with Gasteiger partial charge in [0.05, 0.1) is 0 Å². The molecule has 1 heteroatoms. The first kappa shape index (κ1) is 23.1. The normalized spacial score (nSPS) is 13.4. The predicted molar refractivity (Wildman–Crippen MR) is 159 cm³/mol. The lowest BCUT2D eigenvalue weighted by Crippen LogP contribution is -2.15. The number of benzene rings is 5. The second kappa shape index (κ2) is 9.26. The molecule has 1 aliphatic rings. The van der Waals surface area contributed by atoms with E-state index in [-0.39, 0.29) is 5.41 Å². The van der Waals surface area contributed by atoms with Crippen molar-refractivity contribution in [2.24, 2.45) is 0 Å². The molecule has 0 aliphatic heterocycles. The highest BCUT2D eigenvalue weighted by atomic mass is 15.1. The van der Waals surface area contributed by atoms with Gasteiger partial charge in [0.15, 0.2) is 0 Å². The zero-order valence-corrected chi connectivity index (χ0v) is 21.6. The fourth-order valence-electron chi connectivity index (χ4n) is 5.50. The first-order chi connectivity index (χ1) is 18.0. The molecule has 5 aromatic rings. The molecule has 0 bridgehead atoms. The summed E-state index contributed by atoms with van der Waals surface area (Å²) in [7, 11) is 0. The molecule has 0 saturated carbocycles. The minimum Gasteiger partial charge on any atom is -0.311 e. The third-order valence-corrected chi connectivity index (χ3v) is 7.50. The SMILES string of the molecule is Cc1ccc2c(c1)C(C)(C)c1cc(/C=C/c3ccc(N(c4ccccc4)c4ccccc4)cc3)ccc1-2. The summed E-state index contributed by atoms with van der Waals surface area (Å²) < 4.78 is 0. The van der Waals surface area contributed by atoms with Crippen LogP contribution in [0.25, 0.3) is 23.3 Å². The molecule has 1 nitrogen and oxygen atoms in total. The molecule has 0 amide bonds. The van der Waals surface area contributed by atoms with Crippen LogP contribution in [0.2, 0.25) is 0 Å². The van der Waals surface area contributed by atoms with E-state index in [1.165, 1.54) is 38.9 Å². The van der Waals surface area contributed by atoms with Crippen molar-refractivity contribution >= 4 is 29.2 Å². The summed E-state index contributed by atoms with van der Waals surface area (Å²) in [5.41, 5.74) is 12.8. The number of aryl methyl sites for hydroxylation is 1. The van der Waals surface area contributed by atoms with Crippen LogP contribution in [-0.4, -0.2) is 0 Å². The Morgan fingerprint density at radius 3 is 1.62 bits per heavy atom. The topological polar surface area (TPSA) is 3.24 Å². The number of hydrogen-bond donors (Lipinski definition) is 0. The monoisotopic (exact) mass is 477 g/mol. The summed E-state index contributed by atoms with van der Waals surface area (Å²) >= 11 is 0. The van der Waals surface area contributed by atoms with E-state index in [0.717, 1.165) is 17.1 Å². The number of anilines is 3. The molecule has 0 aromatic heterocycles. The smallest absolute Gasteiger partial charge is 0.0462 e. The highest BCUT2D eigenvalue weighted by Gasteiger charge is 2.35. The third-order valence-electron chi connectivity index (χ3n) is 7.50. The second-order valence-electron chi connectivity index (χ2n) is 10.4. The van der Waals surface area contributed by atoms with Crippen LogP contribution in [0.3, 0.4) is 0 Å². The number of fused-ring (bicyclic) bond motifs is 3. The van der Waals surface area contributed by atoms with Crippen LogP contribution in [0.15, 0.2) is 121 Å². The van der Waals surface area contributed by atoms with Gasteiger partial charge in [0.1, 0.15) is 0 Å². The Kier molecular flexibility index (Phi) is 5.77. The van der Waals surface area contributed by atoms with E-state index in [4.69, 9.17) is 0 Å². The minimum absolute atomic E-state index is 0.0144. The second-order valence-corrected chi connectivity index (χ2v) is 10.4. The molecule has 5 aromatic carbocycles. The molecule has 0 spiro atoms. The van der Waals surface area contributed by atoms with Crippen molar-refractivity contribution in [2.45, 2.75) is 26.2 Å². The Bertz CT molecular complexity index is 1540. The van der Waals surface area contributed by atoms with Gasteiger partial charge >= 0.3 is 0 Å². The van der Waals surface area contributed by atoms with Gasteiger partial charge in [-0.25, -0.2) is 0 Å². The molecule has 0 atom stereocenters. The Labute approximate surface area is 220 Å². The van der Waals surface area contributed by atoms with Gasteiger partial charge in [-0.15, -0.1) is 0 Å². The largest absolute Gasteiger partial charge is 0.311 e. The zero-order valence-electron chi connectivity index (χ0n) is 21.6. The Morgan fingerprint density at radius 2 is 1.00 bits per heavy atom. The van der Waals surface area contributed by atoms with Crippen molar-refractivity contribution in [3.63, 3.8) is 0 Å². The average Bonchev–Trinajstić information content (AvgIpc) is 3.15. The number of para-hydroxylation sites is 2. The molecule has 0 radical (unpaired) electrons. The maximum absolute atomic E-state index is 2.36. The number of hydrogen-bond acceptors (Lipinski definition) is 1. The van der Waals surface area contributed by atoms with Gasteiger partial charge in [0.25, 0.3) is 0 Å². The van der Waals surface area contributed by atoms with E-state index in [9.17, 15) is 0 Å². The molecule has 0 fully saturated rings. The lowest BCUT2D eigenvalue weighted by atomic mass is 9.81. The van der Waals surface area contributed by atoms with Gasteiger partial charge < -0.3 is 4.90 Å². The van der Waals surface area contributed by atoms with Crippen LogP contribution in [0.1, 0.15) is 41.7 Å². The Balaban J connectivity index is 1.28. The fraction of sp³-hybridized carbons (Fsp3) is 0.111. The van der Waals surface area contributed by atoms with E-state index >= 15 is 0 Å². The van der Waals surface area contributed by atoms with Crippen molar-refractivity contribution in [1.82, 2.24) is 0 Å². The van der Waals surface area contributed by atoms with Gasteiger partial charge in [-0.2, -0.15) is 0 Å². The minimum atomic E-state index is 0.0144. The van der Waals surface area contributed by atoms with Gasteiger partial charge in [-0.1, -0.05) is 116 Å². The highest BCUT2D eigenvalue weighted by molar-refractivity contribution is 5.83.